The molecule has 9 heavy (non-hydrogen) atoms. The van der Waals surface area contributed by atoms with Gasteiger partial charge in [0.1, 0.15) is 4.61 Å². The zero-order valence-corrected chi connectivity index (χ0v) is 7.25. The van der Waals surface area contributed by atoms with Gasteiger partial charge >= 0.3 is 0 Å². The smallest absolute Gasteiger partial charge is 0.152 e. The molecule has 52 valence electrons. The lowest BCUT2D eigenvalue weighted by Gasteiger charge is -2.13. The monoisotopic (exact) mass is 211 g/mol. The minimum absolute atomic E-state index is 0.664. The average Bonchev–Trinajstić information content (AvgIpc) is 2.15. The van der Waals surface area contributed by atoms with Crippen molar-refractivity contribution in [2.75, 3.05) is 6.54 Å². The Kier molecular flexibility index (Phi) is 2.21. The third-order valence-electron chi connectivity index (χ3n) is 1.03. The molecule has 0 atom stereocenters. The number of rotatable bonds is 1. The third-order valence-corrected chi connectivity index (χ3v) is 2.23. The molecule has 0 aromatic rings. The summed E-state index contributed by atoms with van der Waals surface area (Å²) in [4.78, 5) is 0. The number of halogens is 2. The summed E-state index contributed by atoms with van der Waals surface area (Å²) in [7, 11) is 0. The van der Waals surface area contributed by atoms with E-state index in [2.05, 4.69) is 26.9 Å². The first kappa shape index (κ1) is 7.18. The van der Waals surface area contributed by atoms with Crippen molar-refractivity contribution < 1.29 is 0 Å². The molecule has 1 aliphatic rings. The molecule has 0 amide bonds. The highest BCUT2D eigenvalue weighted by Gasteiger charge is 2.15. The van der Waals surface area contributed by atoms with Crippen molar-refractivity contribution in [1.29, 1.82) is 0 Å². The summed E-state index contributed by atoms with van der Waals surface area (Å²) in [6.07, 6.45) is 0. The van der Waals surface area contributed by atoms with E-state index in [0.717, 1.165) is 11.2 Å². The van der Waals surface area contributed by atoms with E-state index < -0.39 is 0 Å². The van der Waals surface area contributed by atoms with Crippen LogP contribution in [0.1, 0.15) is 6.92 Å². The van der Waals surface area contributed by atoms with Gasteiger partial charge in [-0.3, -0.25) is 10.4 Å². The van der Waals surface area contributed by atoms with Crippen molar-refractivity contribution in [2.24, 2.45) is 0 Å². The lowest BCUT2D eigenvalue weighted by atomic mass is 10.7. The topological polar surface area (TPSA) is 27.3 Å². The number of nitrogens with one attached hydrogen (secondary N) is 2. The lowest BCUT2D eigenvalue weighted by molar-refractivity contribution is 0.278. The highest BCUT2D eigenvalue weighted by Crippen LogP contribution is 2.19. The molecule has 0 saturated carbocycles. The number of nitrogens with zero attached hydrogens (tertiary/aromatic N) is 1. The van der Waals surface area contributed by atoms with Gasteiger partial charge in [0.2, 0.25) is 0 Å². The van der Waals surface area contributed by atoms with E-state index >= 15 is 0 Å². The van der Waals surface area contributed by atoms with Gasteiger partial charge < -0.3 is 0 Å². The minimum atomic E-state index is 0.664. The molecule has 1 rings (SSSR count). The van der Waals surface area contributed by atoms with Crippen molar-refractivity contribution in [2.45, 2.75) is 6.92 Å². The van der Waals surface area contributed by atoms with E-state index in [1.54, 1.807) is 5.01 Å². The standard InChI is InChI=1S/C4H7BrClN3/c1-2-9-4(6)3(5)7-8-9/h7-8H,2H2,1H3. The van der Waals surface area contributed by atoms with E-state index in [1.807, 2.05) is 6.92 Å². The zero-order chi connectivity index (χ0) is 6.85. The van der Waals surface area contributed by atoms with Crippen LogP contribution in [0.15, 0.2) is 9.76 Å². The second kappa shape index (κ2) is 2.77. The lowest BCUT2D eigenvalue weighted by Crippen LogP contribution is -2.36. The molecule has 1 aliphatic heterocycles. The first-order valence-corrected chi connectivity index (χ1v) is 3.77. The number of hydrazine groups is 2. The minimum Gasteiger partial charge on any atom is -0.295 e. The predicted molar refractivity (Wildman–Crippen MR) is 40.5 cm³/mol. The molecular weight excluding hydrogens is 205 g/mol. The summed E-state index contributed by atoms with van der Waals surface area (Å²) >= 11 is 8.98. The molecule has 3 nitrogen and oxygen atoms in total. The second-order valence-corrected chi connectivity index (χ2v) is 2.74. The molecule has 0 radical (unpaired) electrons. The Morgan fingerprint density at radius 1 is 1.78 bits per heavy atom. The van der Waals surface area contributed by atoms with Crippen molar-refractivity contribution in [3.63, 3.8) is 0 Å². The molecule has 0 aromatic heterocycles. The van der Waals surface area contributed by atoms with Gasteiger partial charge in [-0.15, -0.1) is 5.53 Å². The van der Waals surface area contributed by atoms with Gasteiger partial charge in [0.25, 0.3) is 0 Å². The van der Waals surface area contributed by atoms with Crippen LogP contribution in [0, 0.1) is 0 Å². The van der Waals surface area contributed by atoms with Crippen LogP contribution in [0.2, 0.25) is 0 Å². The van der Waals surface area contributed by atoms with E-state index in [0.29, 0.717) is 5.16 Å². The molecule has 0 bridgehead atoms. The maximum absolute atomic E-state index is 5.76. The van der Waals surface area contributed by atoms with E-state index in [4.69, 9.17) is 11.6 Å². The van der Waals surface area contributed by atoms with Crippen LogP contribution in [0.3, 0.4) is 0 Å². The molecule has 0 saturated heterocycles. The summed E-state index contributed by atoms with van der Waals surface area (Å²) in [6.45, 7) is 2.84. The van der Waals surface area contributed by atoms with E-state index in [9.17, 15) is 0 Å². The highest BCUT2D eigenvalue weighted by atomic mass is 79.9. The average molecular weight is 212 g/mol. The summed E-state index contributed by atoms with van der Waals surface area (Å²) in [5, 5.41) is 2.45. The van der Waals surface area contributed by atoms with Crippen LogP contribution in [0.25, 0.3) is 0 Å². The van der Waals surface area contributed by atoms with Gasteiger partial charge in [-0.2, -0.15) is 0 Å². The van der Waals surface area contributed by atoms with Crippen LogP contribution in [0.4, 0.5) is 0 Å². The van der Waals surface area contributed by atoms with Crippen molar-refractivity contribution in [1.82, 2.24) is 16.0 Å². The Morgan fingerprint density at radius 2 is 2.44 bits per heavy atom. The summed E-state index contributed by atoms with van der Waals surface area (Å²) in [5.74, 6) is 0. The number of hydrogen-bond acceptors (Lipinski definition) is 3. The highest BCUT2D eigenvalue weighted by molar-refractivity contribution is 9.11. The van der Waals surface area contributed by atoms with E-state index in [-0.39, 0.29) is 0 Å². The Balaban J connectivity index is 2.63. The third kappa shape index (κ3) is 1.31. The Morgan fingerprint density at radius 3 is 2.67 bits per heavy atom. The fourth-order valence-electron chi connectivity index (χ4n) is 0.554. The van der Waals surface area contributed by atoms with Gasteiger partial charge in [-0.05, 0) is 22.9 Å². The predicted octanol–water partition coefficient (Wildman–Crippen LogP) is 1.09. The summed E-state index contributed by atoms with van der Waals surface area (Å²) in [5.41, 5.74) is 5.65. The van der Waals surface area contributed by atoms with E-state index in [1.165, 1.54) is 0 Å². The number of hydrogen-bond donors (Lipinski definition) is 2. The molecule has 0 spiro atoms. The molecule has 0 fully saturated rings. The van der Waals surface area contributed by atoms with Gasteiger partial charge in [0.05, 0.1) is 0 Å². The van der Waals surface area contributed by atoms with Crippen LogP contribution in [0.5, 0.6) is 0 Å². The van der Waals surface area contributed by atoms with Crippen LogP contribution in [-0.4, -0.2) is 11.6 Å². The van der Waals surface area contributed by atoms with Gasteiger partial charge in [-0.25, -0.2) is 0 Å². The van der Waals surface area contributed by atoms with Gasteiger partial charge in [-0.1, -0.05) is 11.6 Å². The normalized spacial score (nSPS) is 18.8. The van der Waals surface area contributed by atoms with Gasteiger partial charge in [0, 0.05) is 6.54 Å². The molecule has 0 aliphatic carbocycles. The quantitative estimate of drug-likeness (QED) is 0.637. The fraction of sp³-hybridized carbons (Fsp3) is 0.500. The molecule has 1 heterocycles. The van der Waals surface area contributed by atoms with Gasteiger partial charge in [0.15, 0.2) is 5.16 Å². The largest absolute Gasteiger partial charge is 0.295 e. The van der Waals surface area contributed by atoms with Crippen LogP contribution >= 0.6 is 27.5 Å². The maximum atomic E-state index is 5.76. The summed E-state index contributed by atoms with van der Waals surface area (Å²) < 4.78 is 0.783. The zero-order valence-electron chi connectivity index (χ0n) is 4.91. The Hall–Kier alpha value is 0.0700. The van der Waals surface area contributed by atoms with Crippen LogP contribution < -0.4 is 11.0 Å². The maximum Gasteiger partial charge on any atom is 0.152 e. The fourth-order valence-corrected chi connectivity index (χ4v) is 1.07. The molecule has 5 heteroatoms. The molecule has 2 N–H and O–H groups in total. The van der Waals surface area contributed by atoms with Crippen LogP contribution in [-0.2, 0) is 0 Å². The molecular formula is C4H7BrClN3. The first-order valence-electron chi connectivity index (χ1n) is 2.60. The molecule has 0 unspecified atom stereocenters. The first-order chi connectivity index (χ1) is 4.25. The van der Waals surface area contributed by atoms with Crippen molar-refractivity contribution in [3.8, 4) is 0 Å². The summed E-state index contributed by atoms with van der Waals surface area (Å²) in [6, 6.07) is 0. The van der Waals surface area contributed by atoms with Crippen molar-refractivity contribution in [3.05, 3.63) is 9.76 Å². The SMILES string of the molecule is CCN1NNC(Br)=C1Cl. The Labute approximate surface area is 67.1 Å². The van der Waals surface area contributed by atoms with Crippen molar-refractivity contribution >= 4 is 27.5 Å². The second-order valence-electron chi connectivity index (χ2n) is 1.59. The molecule has 0 aromatic carbocycles. The Bertz CT molecular complexity index is 147.